The Morgan fingerprint density at radius 1 is 1.14 bits per heavy atom. The number of halogens is 1. The normalized spacial score (nSPS) is 21.5. The second kappa shape index (κ2) is 9.31. The topological polar surface area (TPSA) is 35.5 Å². The van der Waals surface area contributed by atoms with E-state index in [-0.39, 0.29) is 5.97 Å². The van der Waals surface area contributed by atoms with Crippen molar-refractivity contribution in [3.63, 3.8) is 0 Å². The van der Waals surface area contributed by atoms with Gasteiger partial charge in [0, 0.05) is 11.4 Å². The molecule has 2 rings (SSSR count). The molecule has 0 unspecified atom stereocenters. The summed E-state index contributed by atoms with van der Waals surface area (Å²) in [7, 11) is 0. The van der Waals surface area contributed by atoms with E-state index in [1.807, 2.05) is 19.1 Å². The van der Waals surface area contributed by atoms with Crippen LogP contribution in [0.25, 0.3) is 0 Å². The lowest BCUT2D eigenvalue weighted by Gasteiger charge is -2.27. The highest BCUT2D eigenvalue weighted by Crippen LogP contribution is 2.26. The largest absolute Gasteiger partial charge is 0.462 e. The molecule has 0 aliphatic heterocycles. The molecule has 2 atom stereocenters. The van der Waals surface area contributed by atoms with Gasteiger partial charge in [-0.25, -0.2) is 4.79 Å². The van der Waals surface area contributed by atoms with Crippen molar-refractivity contribution in [1.82, 2.24) is 0 Å². The molecule has 4 heteroatoms. The van der Waals surface area contributed by atoms with Gasteiger partial charge in [-0.15, -0.1) is 0 Å². The molecule has 0 N–H and O–H groups in total. The van der Waals surface area contributed by atoms with E-state index in [9.17, 15) is 4.79 Å². The zero-order valence-electron chi connectivity index (χ0n) is 13.2. The van der Waals surface area contributed by atoms with E-state index < -0.39 is 0 Å². The Balaban J connectivity index is 1.55. The molecule has 0 aromatic heterocycles. The van der Waals surface area contributed by atoms with Crippen LogP contribution >= 0.6 is 15.9 Å². The number of rotatable bonds is 7. The second-order valence-electron chi connectivity index (χ2n) is 5.92. The maximum Gasteiger partial charge on any atom is 0.338 e. The van der Waals surface area contributed by atoms with Gasteiger partial charge < -0.3 is 9.47 Å². The third-order valence-electron chi connectivity index (χ3n) is 4.01. The molecule has 0 spiro atoms. The number of hydrogen-bond donors (Lipinski definition) is 0. The van der Waals surface area contributed by atoms with Gasteiger partial charge in [-0.2, -0.15) is 0 Å². The van der Waals surface area contributed by atoms with Crippen molar-refractivity contribution in [1.29, 1.82) is 0 Å². The first kappa shape index (κ1) is 17.5. The van der Waals surface area contributed by atoms with Crippen LogP contribution in [-0.2, 0) is 9.47 Å². The molecule has 0 heterocycles. The van der Waals surface area contributed by atoms with Crippen LogP contribution in [0.15, 0.2) is 24.3 Å². The lowest BCUT2D eigenvalue weighted by Crippen LogP contribution is -2.28. The van der Waals surface area contributed by atoms with Crippen molar-refractivity contribution < 1.29 is 14.3 Å². The molecule has 22 heavy (non-hydrogen) atoms. The highest BCUT2D eigenvalue weighted by molar-refractivity contribution is 9.09. The monoisotopic (exact) mass is 368 g/mol. The van der Waals surface area contributed by atoms with Gasteiger partial charge in [-0.3, -0.25) is 0 Å². The van der Waals surface area contributed by atoms with E-state index in [0.29, 0.717) is 23.1 Å². The predicted octanol–water partition coefficient (Wildman–Crippen LogP) is 4.65. The van der Waals surface area contributed by atoms with Crippen LogP contribution in [0.3, 0.4) is 0 Å². The van der Waals surface area contributed by atoms with E-state index in [4.69, 9.17) is 9.47 Å². The Morgan fingerprint density at radius 2 is 1.82 bits per heavy atom. The lowest BCUT2D eigenvalue weighted by atomic mass is 9.97. The maximum atomic E-state index is 11.8. The summed E-state index contributed by atoms with van der Waals surface area (Å²) in [5.74, 6) is -0.242. The third-order valence-corrected chi connectivity index (χ3v) is 5.06. The zero-order valence-corrected chi connectivity index (χ0v) is 14.8. The summed E-state index contributed by atoms with van der Waals surface area (Å²) in [5.41, 5.74) is 1.76. The van der Waals surface area contributed by atoms with Crippen molar-refractivity contribution in [2.75, 3.05) is 13.2 Å². The Kier molecular flexibility index (Phi) is 7.40. The van der Waals surface area contributed by atoms with Crippen LogP contribution in [0.5, 0.6) is 0 Å². The van der Waals surface area contributed by atoms with Crippen LogP contribution in [-0.4, -0.2) is 30.1 Å². The van der Waals surface area contributed by atoms with Gasteiger partial charge in [0.1, 0.15) is 0 Å². The first-order chi connectivity index (χ1) is 10.7. The Morgan fingerprint density at radius 3 is 2.55 bits per heavy atom. The molecule has 122 valence electrons. The molecular formula is C18H25BrO3. The average molecular weight is 369 g/mol. The molecule has 0 radical (unpaired) electrons. The minimum atomic E-state index is -0.242. The fraction of sp³-hybridized carbons (Fsp3) is 0.611. The van der Waals surface area contributed by atoms with Crippen molar-refractivity contribution in [3.8, 4) is 0 Å². The molecule has 1 aromatic carbocycles. The fourth-order valence-corrected chi connectivity index (χ4v) is 3.36. The van der Waals surface area contributed by atoms with Crippen molar-refractivity contribution >= 4 is 21.9 Å². The van der Waals surface area contributed by atoms with Crippen LogP contribution in [0.1, 0.15) is 54.4 Å². The van der Waals surface area contributed by atoms with Crippen LogP contribution in [0.4, 0.5) is 0 Å². The molecular weight excluding hydrogens is 344 g/mol. The lowest BCUT2D eigenvalue weighted by molar-refractivity contribution is 0.0268. The van der Waals surface area contributed by atoms with E-state index in [0.717, 1.165) is 31.4 Å². The quantitative estimate of drug-likeness (QED) is 0.399. The smallest absolute Gasteiger partial charge is 0.338 e. The van der Waals surface area contributed by atoms with Crippen molar-refractivity contribution in [2.45, 2.75) is 56.4 Å². The van der Waals surface area contributed by atoms with E-state index >= 15 is 0 Å². The van der Waals surface area contributed by atoms with E-state index in [2.05, 4.69) is 15.9 Å². The summed E-state index contributed by atoms with van der Waals surface area (Å²) in [4.78, 5) is 12.3. The first-order valence-corrected chi connectivity index (χ1v) is 9.08. The molecule has 1 saturated carbocycles. The number of carbonyl (C=O) groups is 1. The number of benzene rings is 1. The van der Waals surface area contributed by atoms with E-state index in [1.54, 1.807) is 12.1 Å². The first-order valence-electron chi connectivity index (χ1n) is 8.16. The van der Waals surface area contributed by atoms with Gasteiger partial charge >= 0.3 is 5.97 Å². The summed E-state index contributed by atoms with van der Waals surface area (Å²) in [6.45, 7) is 3.20. The average Bonchev–Trinajstić information content (AvgIpc) is 2.53. The molecule has 0 amide bonds. The van der Waals surface area contributed by atoms with Crippen molar-refractivity contribution in [2.24, 2.45) is 0 Å². The Hall–Kier alpha value is -0.870. The number of carbonyl (C=O) groups excluding carboxylic acids is 1. The molecule has 1 aliphatic carbocycles. The van der Waals surface area contributed by atoms with Gasteiger partial charge in [0.25, 0.3) is 0 Å². The van der Waals surface area contributed by atoms with E-state index in [1.165, 1.54) is 19.3 Å². The minimum Gasteiger partial charge on any atom is -0.462 e. The summed E-state index contributed by atoms with van der Waals surface area (Å²) < 4.78 is 11.2. The Labute approximate surface area is 141 Å². The van der Waals surface area contributed by atoms with Gasteiger partial charge in [0.15, 0.2) is 0 Å². The number of hydrogen-bond acceptors (Lipinski definition) is 3. The maximum absolute atomic E-state index is 11.8. The molecule has 1 aliphatic rings. The number of esters is 1. The number of unbranched alkanes of at least 4 members (excludes halogenated alkanes) is 1. The molecule has 1 aromatic rings. The fourth-order valence-electron chi connectivity index (χ4n) is 2.62. The highest BCUT2D eigenvalue weighted by atomic mass is 79.9. The van der Waals surface area contributed by atoms with Crippen LogP contribution < -0.4 is 0 Å². The minimum absolute atomic E-state index is 0.242. The molecule has 0 bridgehead atoms. The van der Waals surface area contributed by atoms with Gasteiger partial charge in [-0.05, 0) is 44.7 Å². The number of alkyl halides is 1. The third kappa shape index (κ3) is 5.73. The van der Waals surface area contributed by atoms with Crippen LogP contribution in [0.2, 0.25) is 0 Å². The molecule has 0 saturated heterocycles. The number of aryl methyl sites for hydroxylation is 1. The van der Waals surface area contributed by atoms with Gasteiger partial charge in [0.05, 0.1) is 18.3 Å². The molecule has 1 fully saturated rings. The van der Waals surface area contributed by atoms with Crippen LogP contribution in [0, 0.1) is 6.92 Å². The van der Waals surface area contributed by atoms with Gasteiger partial charge in [0.2, 0.25) is 0 Å². The second-order valence-corrected chi connectivity index (χ2v) is 7.09. The number of ether oxygens (including phenoxy) is 2. The SMILES string of the molecule is Cc1ccc(C(=O)OCCCCO[C@@H]2CCCC[C@H]2Br)cc1. The Bertz CT molecular complexity index is 458. The summed E-state index contributed by atoms with van der Waals surface area (Å²) in [6.07, 6.45) is 7.04. The standard InChI is InChI=1S/C18H25BrO3/c1-14-8-10-15(11-9-14)18(20)22-13-5-4-12-21-17-7-3-2-6-16(17)19/h8-11,16-17H,2-7,12-13H2,1H3/t16-,17-/m1/s1. The molecule has 3 nitrogen and oxygen atoms in total. The summed E-state index contributed by atoms with van der Waals surface area (Å²) >= 11 is 3.69. The predicted molar refractivity (Wildman–Crippen MR) is 91.6 cm³/mol. The zero-order chi connectivity index (χ0) is 15.8. The summed E-state index contributed by atoms with van der Waals surface area (Å²) in [5, 5.41) is 0. The van der Waals surface area contributed by atoms with Gasteiger partial charge in [-0.1, -0.05) is 46.5 Å². The highest BCUT2D eigenvalue weighted by Gasteiger charge is 2.22. The summed E-state index contributed by atoms with van der Waals surface area (Å²) in [6, 6.07) is 7.45. The van der Waals surface area contributed by atoms with Crippen molar-refractivity contribution in [3.05, 3.63) is 35.4 Å².